The molecule has 2 aromatic carbocycles. The van der Waals surface area contributed by atoms with Crippen molar-refractivity contribution in [2.75, 3.05) is 0 Å². The van der Waals surface area contributed by atoms with Gasteiger partial charge in [0.1, 0.15) is 11.5 Å². The van der Waals surface area contributed by atoms with Crippen LogP contribution >= 0.6 is 0 Å². The molecule has 1 aromatic heterocycles. The topological polar surface area (TPSA) is 30.0 Å². The summed E-state index contributed by atoms with van der Waals surface area (Å²) in [6.45, 7) is 1.64. The van der Waals surface area contributed by atoms with E-state index in [9.17, 15) is 9.18 Å². The third-order valence-corrected chi connectivity index (χ3v) is 3.25. The van der Waals surface area contributed by atoms with Crippen LogP contribution in [0.5, 0.6) is 0 Å². The Bertz CT molecular complexity index is 811. The number of halogens is 1. The summed E-state index contributed by atoms with van der Waals surface area (Å²) in [4.78, 5) is 16.7. The van der Waals surface area contributed by atoms with Gasteiger partial charge in [-0.05, 0) is 42.8 Å². The molecule has 0 spiro atoms. The van der Waals surface area contributed by atoms with Crippen molar-refractivity contribution in [2.45, 2.75) is 6.92 Å². The van der Waals surface area contributed by atoms with Crippen molar-refractivity contribution in [1.29, 1.82) is 0 Å². The van der Waals surface area contributed by atoms with Crippen molar-refractivity contribution in [3.63, 3.8) is 0 Å². The molecular weight excluding hydrogens is 253 g/mol. The molecule has 2 nitrogen and oxygen atoms in total. The summed E-state index contributed by atoms with van der Waals surface area (Å²) in [7, 11) is 0. The molecule has 20 heavy (non-hydrogen) atoms. The normalized spacial score (nSPS) is 10.7. The lowest BCUT2D eigenvalue weighted by Gasteiger charge is -2.04. The minimum absolute atomic E-state index is 0.196. The summed E-state index contributed by atoms with van der Waals surface area (Å²) in [5.41, 5.74) is 2.05. The van der Waals surface area contributed by atoms with Gasteiger partial charge in [0.2, 0.25) is 5.78 Å². The zero-order chi connectivity index (χ0) is 14.1. The highest BCUT2D eigenvalue weighted by Gasteiger charge is 2.12. The number of rotatable bonds is 2. The number of aryl methyl sites for hydroxylation is 1. The number of para-hydroxylation sites is 1. The van der Waals surface area contributed by atoms with E-state index in [-0.39, 0.29) is 11.6 Å². The third-order valence-electron chi connectivity index (χ3n) is 3.25. The molecule has 3 aromatic rings. The summed E-state index contributed by atoms with van der Waals surface area (Å²) in [5.74, 6) is -0.508. The molecule has 0 N–H and O–H groups in total. The van der Waals surface area contributed by atoms with Crippen LogP contribution in [0.3, 0.4) is 0 Å². The predicted octanol–water partition coefficient (Wildman–Crippen LogP) is 3.91. The van der Waals surface area contributed by atoms with E-state index in [1.807, 2.05) is 30.3 Å². The SMILES string of the molecule is Cc1cc(C(=O)c2ccc3ccccc3n2)ccc1F. The molecule has 0 saturated carbocycles. The number of ketones is 1. The Morgan fingerprint density at radius 3 is 2.65 bits per heavy atom. The number of hydrogen-bond acceptors (Lipinski definition) is 2. The largest absolute Gasteiger partial charge is 0.287 e. The molecule has 0 bridgehead atoms. The molecule has 0 radical (unpaired) electrons. The first-order valence-corrected chi connectivity index (χ1v) is 6.32. The van der Waals surface area contributed by atoms with Crippen molar-refractivity contribution < 1.29 is 9.18 Å². The van der Waals surface area contributed by atoms with Crippen molar-refractivity contribution in [1.82, 2.24) is 4.98 Å². The molecule has 3 rings (SSSR count). The highest BCUT2D eigenvalue weighted by molar-refractivity contribution is 6.08. The lowest BCUT2D eigenvalue weighted by atomic mass is 10.0. The van der Waals surface area contributed by atoms with Gasteiger partial charge in [-0.25, -0.2) is 9.37 Å². The van der Waals surface area contributed by atoms with E-state index in [4.69, 9.17) is 0 Å². The Kier molecular flexibility index (Phi) is 3.03. The van der Waals surface area contributed by atoms with Crippen LogP contribution in [-0.4, -0.2) is 10.8 Å². The zero-order valence-electron chi connectivity index (χ0n) is 10.9. The van der Waals surface area contributed by atoms with Gasteiger partial charge >= 0.3 is 0 Å². The van der Waals surface area contributed by atoms with Crippen LogP contribution in [0.25, 0.3) is 10.9 Å². The standard InChI is InChI=1S/C17H12FNO/c1-11-10-13(6-8-14(11)18)17(20)16-9-7-12-4-2-3-5-15(12)19-16/h2-10H,1H3. The van der Waals surface area contributed by atoms with Gasteiger partial charge < -0.3 is 0 Å². The number of hydrogen-bond donors (Lipinski definition) is 0. The van der Waals surface area contributed by atoms with E-state index in [2.05, 4.69) is 4.98 Å². The molecule has 98 valence electrons. The first-order valence-electron chi connectivity index (χ1n) is 6.32. The molecule has 0 amide bonds. The molecule has 3 heteroatoms. The fourth-order valence-electron chi connectivity index (χ4n) is 2.13. The number of carbonyl (C=O) groups excluding carboxylic acids is 1. The summed E-state index contributed by atoms with van der Waals surface area (Å²) >= 11 is 0. The number of carbonyl (C=O) groups is 1. The van der Waals surface area contributed by atoms with Gasteiger partial charge in [0.25, 0.3) is 0 Å². The predicted molar refractivity (Wildman–Crippen MR) is 76.3 cm³/mol. The Morgan fingerprint density at radius 2 is 1.85 bits per heavy atom. The van der Waals surface area contributed by atoms with E-state index >= 15 is 0 Å². The maximum Gasteiger partial charge on any atom is 0.211 e. The maximum atomic E-state index is 13.2. The van der Waals surface area contributed by atoms with Crippen molar-refractivity contribution >= 4 is 16.7 Å². The van der Waals surface area contributed by atoms with Crippen LogP contribution in [0.2, 0.25) is 0 Å². The van der Waals surface area contributed by atoms with Gasteiger partial charge in [0, 0.05) is 10.9 Å². The van der Waals surface area contributed by atoms with Gasteiger partial charge in [-0.15, -0.1) is 0 Å². The van der Waals surface area contributed by atoms with Crippen LogP contribution in [0.1, 0.15) is 21.6 Å². The quantitative estimate of drug-likeness (QED) is 0.657. The summed E-state index contributed by atoms with van der Waals surface area (Å²) in [6.07, 6.45) is 0. The second-order valence-corrected chi connectivity index (χ2v) is 4.68. The molecule has 0 fully saturated rings. The average Bonchev–Trinajstić information content (AvgIpc) is 2.49. The molecule has 0 atom stereocenters. The van der Waals surface area contributed by atoms with Crippen LogP contribution in [0.15, 0.2) is 54.6 Å². The fourth-order valence-corrected chi connectivity index (χ4v) is 2.13. The maximum absolute atomic E-state index is 13.2. The van der Waals surface area contributed by atoms with E-state index < -0.39 is 0 Å². The molecule has 1 heterocycles. The number of pyridine rings is 1. The van der Waals surface area contributed by atoms with Crippen LogP contribution in [0, 0.1) is 12.7 Å². The van der Waals surface area contributed by atoms with E-state index in [1.54, 1.807) is 19.1 Å². The second kappa shape index (κ2) is 4.85. The summed E-state index contributed by atoms with van der Waals surface area (Å²) < 4.78 is 13.2. The van der Waals surface area contributed by atoms with Gasteiger partial charge in [-0.3, -0.25) is 4.79 Å². The lowest BCUT2D eigenvalue weighted by Crippen LogP contribution is -2.04. The van der Waals surface area contributed by atoms with E-state index in [0.29, 0.717) is 16.8 Å². The Labute approximate surface area is 115 Å². The molecule has 0 aliphatic carbocycles. The monoisotopic (exact) mass is 265 g/mol. The Hall–Kier alpha value is -2.55. The highest BCUT2D eigenvalue weighted by atomic mass is 19.1. The number of aromatic nitrogens is 1. The van der Waals surface area contributed by atoms with Crippen molar-refractivity contribution in [3.05, 3.63) is 77.2 Å². The molecule has 0 saturated heterocycles. The second-order valence-electron chi connectivity index (χ2n) is 4.68. The minimum atomic E-state index is -0.312. The van der Waals surface area contributed by atoms with Gasteiger partial charge in [0.15, 0.2) is 0 Å². The summed E-state index contributed by atoms with van der Waals surface area (Å²) in [5, 5.41) is 0.985. The van der Waals surface area contributed by atoms with Crippen molar-refractivity contribution in [2.24, 2.45) is 0 Å². The average molecular weight is 265 g/mol. The van der Waals surface area contributed by atoms with E-state index in [0.717, 1.165) is 10.9 Å². The van der Waals surface area contributed by atoms with E-state index in [1.165, 1.54) is 12.1 Å². The lowest BCUT2D eigenvalue weighted by molar-refractivity contribution is 0.103. The number of benzene rings is 2. The van der Waals surface area contributed by atoms with Gasteiger partial charge in [0.05, 0.1) is 5.52 Å². The Balaban J connectivity index is 2.05. The van der Waals surface area contributed by atoms with Crippen molar-refractivity contribution in [3.8, 4) is 0 Å². The summed E-state index contributed by atoms with van der Waals surface area (Å²) in [6, 6.07) is 15.5. The van der Waals surface area contributed by atoms with Gasteiger partial charge in [-0.2, -0.15) is 0 Å². The minimum Gasteiger partial charge on any atom is -0.287 e. The first kappa shape index (κ1) is 12.5. The fraction of sp³-hybridized carbons (Fsp3) is 0.0588. The zero-order valence-corrected chi connectivity index (χ0v) is 10.9. The first-order chi connectivity index (χ1) is 9.65. The number of nitrogens with zero attached hydrogens (tertiary/aromatic N) is 1. The van der Waals surface area contributed by atoms with Crippen LogP contribution < -0.4 is 0 Å². The highest BCUT2D eigenvalue weighted by Crippen LogP contribution is 2.16. The van der Waals surface area contributed by atoms with Crippen LogP contribution in [-0.2, 0) is 0 Å². The Morgan fingerprint density at radius 1 is 1.05 bits per heavy atom. The number of fused-ring (bicyclic) bond motifs is 1. The molecular formula is C17H12FNO. The molecule has 0 unspecified atom stereocenters. The smallest absolute Gasteiger partial charge is 0.211 e. The van der Waals surface area contributed by atoms with Crippen LogP contribution in [0.4, 0.5) is 4.39 Å². The molecule has 0 aliphatic rings. The third kappa shape index (κ3) is 2.18. The molecule has 0 aliphatic heterocycles. The van der Waals surface area contributed by atoms with Gasteiger partial charge in [-0.1, -0.05) is 24.3 Å².